The second kappa shape index (κ2) is 7.89. The van der Waals surface area contributed by atoms with Crippen molar-refractivity contribution in [1.29, 1.82) is 0 Å². The molecule has 6 rings (SSSR count). The Labute approximate surface area is 205 Å². The van der Waals surface area contributed by atoms with E-state index >= 15 is 0 Å². The number of nitrogens with one attached hydrogen (secondary N) is 1. The number of benzene rings is 2. The Balaban J connectivity index is 1.46. The Bertz CT molecular complexity index is 1680. The smallest absolute Gasteiger partial charge is 0.352 e. The molecule has 3 N–H and O–H groups in total. The van der Waals surface area contributed by atoms with E-state index < -0.39 is 18.0 Å². The minimum atomic E-state index is -1.18. The molecule has 3 atom stereocenters. The summed E-state index contributed by atoms with van der Waals surface area (Å²) in [6.45, 7) is 2.21. The molecule has 4 heterocycles. The zero-order valence-corrected chi connectivity index (χ0v) is 19.8. The number of carbonyl (C=O) groups is 2. The second-order valence-corrected chi connectivity index (χ2v) is 9.72. The number of amides is 1. The molecule has 2 aromatic heterocycles. The topological polar surface area (TPSA) is 120 Å². The van der Waals surface area contributed by atoms with Crippen LogP contribution in [0.1, 0.15) is 24.5 Å². The van der Waals surface area contributed by atoms with Gasteiger partial charge < -0.3 is 20.1 Å². The number of carboxylic acids is 1. The Morgan fingerprint density at radius 2 is 1.94 bits per heavy atom. The zero-order valence-electron chi connectivity index (χ0n) is 19.8. The first kappa shape index (κ1) is 22.2. The molecule has 9 nitrogen and oxygen atoms in total. The lowest BCUT2D eigenvalue weighted by Gasteiger charge is -2.44. The van der Waals surface area contributed by atoms with Gasteiger partial charge in [0.1, 0.15) is 24.6 Å². The number of carboxylic acid groups (broad SMARTS) is 1. The number of aliphatic hydroxyl groups is 1. The van der Waals surface area contributed by atoms with Crippen LogP contribution >= 0.6 is 0 Å². The van der Waals surface area contributed by atoms with Gasteiger partial charge in [-0.3, -0.25) is 9.59 Å². The van der Waals surface area contributed by atoms with Crippen molar-refractivity contribution < 1.29 is 24.4 Å². The van der Waals surface area contributed by atoms with Crippen molar-refractivity contribution in [3.05, 3.63) is 82.3 Å². The summed E-state index contributed by atoms with van der Waals surface area (Å²) in [5.74, 6) is -2.15. The first-order chi connectivity index (χ1) is 17.2. The molecule has 2 aliphatic rings. The van der Waals surface area contributed by atoms with Crippen molar-refractivity contribution in [2.45, 2.75) is 32.0 Å². The average Bonchev–Trinajstić information content (AvgIpc) is 3.39. The average molecular weight is 486 g/mol. The van der Waals surface area contributed by atoms with E-state index in [1.54, 1.807) is 19.1 Å². The van der Waals surface area contributed by atoms with Gasteiger partial charge in [0.2, 0.25) is 12.2 Å². The fourth-order valence-corrected chi connectivity index (χ4v) is 5.70. The number of rotatable bonds is 5. The number of carbonyl (C=O) groups excluding carboxylic acids is 1. The molecule has 1 fully saturated rings. The van der Waals surface area contributed by atoms with E-state index in [1.807, 2.05) is 59.2 Å². The van der Waals surface area contributed by atoms with Crippen molar-refractivity contribution >= 4 is 39.1 Å². The number of imidazole rings is 1. The third kappa shape index (κ3) is 3.27. The number of pyridine rings is 1. The normalized spacial score (nSPS) is 20.2. The minimum Gasteiger partial charge on any atom is -0.477 e. The summed E-state index contributed by atoms with van der Waals surface area (Å²) in [6, 6.07) is 10.8. The van der Waals surface area contributed by atoms with Crippen LogP contribution in [0.3, 0.4) is 0 Å². The highest BCUT2D eigenvalue weighted by molar-refractivity contribution is 6.09. The van der Waals surface area contributed by atoms with Gasteiger partial charge in [-0.05, 0) is 53.6 Å². The molecule has 0 bridgehead atoms. The van der Waals surface area contributed by atoms with Gasteiger partial charge in [-0.15, -0.1) is 0 Å². The number of fused-ring (bicyclic) bond motifs is 4. The molecule has 0 aliphatic carbocycles. The summed E-state index contributed by atoms with van der Waals surface area (Å²) in [5, 5.41) is 22.0. The van der Waals surface area contributed by atoms with Gasteiger partial charge in [-0.2, -0.15) is 0 Å². The van der Waals surface area contributed by atoms with Gasteiger partial charge in [-0.25, -0.2) is 13.9 Å². The highest BCUT2D eigenvalue weighted by Crippen LogP contribution is 2.47. The highest BCUT2D eigenvalue weighted by atomic mass is 16.4. The molecular weight excluding hydrogens is 460 g/mol. The van der Waals surface area contributed by atoms with Crippen LogP contribution < -0.4 is 10.1 Å². The zero-order chi connectivity index (χ0) is 25.3. The van der Waals surface area contributed by atoms with E-state index in [0.29, 0.717) is 35.0 Å². The molecule has 182 valence electrons. The van der Waals surface area contributed by atoms with Gasteiger partial charge in [-0.1, -0.05) is 18.2 Å². The van der Waals surface area contributed by atoms with Crippen molar-refractivity contribution in [2.75, 3.05) is 0 Å². The number of aromatic nitrogens is 3. The summed E-state index contributed by atoms with van der Waals surface area (Å²) >= 11 is 0. The first-order valence-corrected chi connectivity index (χ1v) is 11.8. The second-order valence-electron chi connectivity index (χ2n) is 9.72. The molecule has 2 aliphatic heterocycles. The SMILES string of the molecule is C[C@@H](O)[C@H]1C(=O)N2C(C(=O)O)=C(c3ccc4c(=O)[nH]c5cc(Cn6cc[n+](C)c6)ccc5c4c3)C[C@H]12. The number of aromatic amines is 1. The number of β-lactam (4-membered cyclic amide) rings is 1. The van der Waals surface area contributed by atoms with Crippen molar-refractivity contribution in [2.24, 2.45) is 13.0 Å². The van der Waals surface area contributed by atoms with E-state index in [4.69, 9.17) is 0 Å². The summed E-state index contributed by atoms with van der Waals surface area (Å²) in [5.41, 5.74) is 2.66. The van der Waals surface area contributed by atoms with Crippen molar-refractivity contribution in [3.63, 3.8) is 0 Å². The largest absolute Gasteiger partial charge is 0.477 e. The molecule has 0 spiro atoms. The molecule has 36 heavy (non-hydrogen) atoms. The van der Waals surface area contributed by atoms with Gasteiger partial charge >= 0.3 is 5.97 Å². The third-order valence-electron chi connectivity index (χ3n) is 7.35. The van der Waals surface area contributed by atoms with Crippen LogP contribution in [0.15, 0.2) is 65.6 Å². The van der Waals surface area contributed by atoms with Gasteiger partial charge in [0.05, 0.1) is 25.1 Å². The molecule has 2 aromatic carbocycles. The molecule has 0 saturated carbocycles. The maximum atomic E-state index is 12.9. The molecule has 1 saturated heterocycles. The maximum Gasteiger partial charge on any atom is 0.352 e. The van der Waals surface area contributed by atoms with E-state index in [9.17, 15) is 24.6 Å². The maximum absolute atomic E-state index is 12.9. The number of nitrogens with zero attached hydrogens (tertiary/aromatic N) is 3. The van der Waals surface area contributed by atoms with Crippen molar-refractivity contribution in [1.82, 2.24) is 14.5 Å². The highest BCUT2D eigenvalue weighted by Gasteiger charge is 2.56. The van der Waals surface area contributed by atoms with E-state index in [2.05, 4.69) is 4.98 Å². The first-order valence-electron chi connectivity index (χ1n) is 11.8. The quantitative estimate of drug-likeness (QED) is 0.226. The lowest BCUT2D eigenvalue weighted by atomic mass is 9.82. The van der Waals surface area contributed by atoms with Crippen molar-refractivity contribution in [3.8, 4) is 0 Å². The number of H-pyrrole nitrogens is 1. The van der Waals surface area contributed by atoms with E-state index in [1.165, 1.54) is 4.90 Å². The Morgan fingerprint density at radius 1 is 1.17 bits per heavy atom. The molecule has 4 aromatic rings. The minimum absolute atomic E-state index is 0.0439. The number of hydrogen-bond acceptors (Lipinski definition) is 4. The molecule has 0 unspecified atom stereocenters. The monoisotopic (exact) mass is 485 g/mol. The fourth-order valence-electron chi connectivity index (χ4n) is 5.70. The van der Waals surface area contributed by atoms with Gasteiger partial charge in [0.15, 0.2) is 0 Å². The van der Waals surface area contributed by atoms with E-state index in [0.717, 1.165) is 16.3 Å². The van der Waals surface area contributed by atoms with Crippen LogP contribution in [0.25, 0.3) is 27.2 Å². The fraction of sp³-hybridized carbons (Fsp3) is 0.259. The summed E-state index contributed by atoms with van der Waals surface area (Å²) in [7, 11) is 1.95. The van der Waals surface area contributed by atoms with Crippen LogP contribution in [-0.4, -0.2) is 48.7 Å². The summed E-state index contributed by atoms with van der Waals surface area (Å²) < 4.78 is 4.00. The molecule has 1 amide bonds. The van der Waals surface area contributed by atoms with Crippen LogP contribution in [0.4, 0.5) is 0 Å². The van der Waals surface area contributed by atoms with E-state index in [-0.39, 0.29) is 23.2 Å². The number of hydrogen-bond donors (Lipinski definition) is 3. The Kier molecular flexibility index (Phi) is 4.87. The van der Waals surface area contributed by atoms with Crippen LogP contribution in [-0.2, 0) is 23.2 Å². The number of aliphatic hydroxyl groups excluding tert-OH is 1. The Morgan fingerprint density at radius 3 is 2.64 bits per heavy atom. The molecule has 9 heteroatoms. The lowest BCUT2D eigenvalue weighted by Crippen LogP contribution is -2.61. The van der Waals surface area contributed by atoms with Gasteiger partial charge in [0.25, 0.3) is 5.56 Å². The number of aryl methyl sites for hydroxylation is 1. The van der Waals surface area contributed by atoms with Crippen LogP contribution in [0.5, 0.6) is 0 Å². The standard InChI is InChI=1S/C27H24N4O5/c1-14(32)23-22-11-19(24(27(35)36)31(22)26(23)34)16-4-6-18-20(10-16)17-5-3-15(9-21(17)28-25(18)33)12-30-8-7-29(2)13-30/h3-10,13-14,22-23,32H,11-12H2,1-2H3,(H-,28,33,35,36)/p+1/t14-,22-,23-/m1/s1. The van der Waals surface area contributed by atoms with Gasteiger partial charge in [0, 0.05) is 16.3 Å². The Hall–Kier alpha value is -4.24. The summed E-state index contributed by atoms with van der Waals surface area (Å²) in [4.78, 5) is 41.9. The van der Waals surface area contributed by atoms with Crippen LogP contribution in [0, 0.1) is 5.92 Å². The summed E-state index contributed by atoms with van der Waals surface area (Å²) in [6.07, 6.45) is 5.40. The predicted octanol–water partition coefficient (Wildman–Crippen LogP) is 1.76. The molecular formula is C27H25N4O5+. The lowest BCUT2D eigenvalue weighted by molar-refractivity contribution is -0.671. The predicted molar refractivity (Wildman–Crippen MR) is 132 cm³/mol. The molecule has 0 radical (unpaired) electrons. The third-order valence-corrected chi connectivity index (χ3v) is 7.35. The number of aliphatic carboxylic acids is 1. The van der Waals surface area contributed by atoms with Crippen LogP contribution in [0.2, 0.25) is 0 Å².